The van der Waals surface area contributed by atoms with Gasteiger partial charge in [-0.2, -0.15) is 13.2 Å². The van der Waals surface area contributed by atoms with Gasteiger partial charge in [-0.25, -0.2) is 4.79 Å². The molecule has 0 fully saturated rings. The highest BCUT2D eigenvalue weighted by Crippen LogP contribution is 2.43. The Morgan fingerprint density at radius 3 is 2.33 bits per heavy atom. The molecule has 1 heterocycles. The molecule has 0 bridgehead atoms. The van der Waals surface area contributed by atoms with Crippen molar-refractivity contribution >= 4 is 5.97 Å². The molecule has 1 aromatic rings. The summed E-state index contributed by atoms with van der Waals surface area (Å²) in [7, 11) is 0. The first-order valence-corrected chi connectivity index (χ1v) is 6.78. The van der Waals surface area contributed by atoms with Crippen LogP contribution in [0.2, 0.25) is 0 Å². The number of aliphatic carboxylic acids is 1. The van der Waals surface area contributed by atoms with Crippen molar-refractivity contribution in [3.8, 4) is 0 Å². The number of nitro groups is 1. The molecule has 1 aliphatic heterocycles. The minimum atomic E-state index is -4.77. The largest absolute Gasteiger partial charge is 0.478 e. The fourth-order valence-corrected chi connectivity index (χ4v) is 2.82. The number of hydrogen-bond donors (Lipinski definition) is 2. The maximum Gasteiger partial charge on any atom is 0.416 e. The van der Waals surface area contributed by atoms with Gasteiger partial charge in [-0.3, -0.25) is 10.1 Å². The van der Waals surface area contributed by atoms with Crippen LogP contribution in [0.3, 0.4) is 0 Å². The van der Waals surface area contributed by atoms with Gasteiger partial charge >= 0.3 is 12.1 Å². The summed E-state index contributed by atoms with van der Waals surface area (Å²) >= 11 is 0. The maximum atomic E-state index is 13.3. The zero-order valence-corrected chi connectivity index (χ0v) is 12.6. The normalized spacial score (nSPS) is 18.5. The van der Waals surface area contributed by atoms with Crippen molar-refractivity contribution in [2.24, 2.45) is 0 Å². The number of carboxylic acid groups (broad SMARTS) is 1. The summed E-state index contributed by atoms with van der Waals surface area (Å²) in [5, 5.41) is 23.3. The minimum absolute atomic E-state index is 0.00415. The van der Waals surface area contributed by atoms with Gasteiger partial charge in [0.25, 0.3) is 5.70 Å². The third-order valence-electron chi connectivity index (χ3n) is 3.73. The first-order valence-electron chi connectivity index (χ1n) is 6.78. The van der Waals surface area contributed by atoms with Gasteiger partial charge in [-0.1, -0.05) is 18.2 Å². The number of benzene rings is 1. The molecule has 0 amide bonds. The highest BCUT2D eigenvalue weighted by molar-refractivity contribution is 5.91. The number of hydrogen-bond acceptors (Lipinski definition) is 4. The Morgan fingerprint density at radius 1 is 1.25 bits per heavy atom. The first-order chi connectivity index (χ1) is 11.1. The summed E-state index contributed by atoms with van der Waals surface area (Å²) in [6.45, 7) is 2.68. The summed E-state index contributed by atoms with van der Waals surface area (Å²) in [6.07, 6.45) is -4.77. The Balaban J connectivity index is 2.82. The van der Waals surface area contributed by atoms with E-state index in [2.05, 4.69) is 5.32 Å². The van der Waals surface area contributed by atoms with Crippen LogP contribution in [0, 0.1) is 10.1 Å². The van der Waals surface area contributed by atoms with E-state index in [0.29, 0.717) is 0 Å². The molecular formula is C15H13F3N2O4. The molecule has 0 aromatic heterocycles. The van der Waals surface area contributed by atoms with Crippen LogP contribution in [0.15, 0.2) is 46.9 Å². The van der Waals surface area contributed by atoms with E-state index >= 15 is 0 Å². The van der Waals surface area contributed by atoms with Gasteiger partial charge in [0.15, 0.2) is 0 Å². The van der Waals surface area contributed by atoms with Gasteiger partial charge < -0.3 is 10.4 Å². The van der Waals surface area contributed by atoms with Crippen LogP contribution < -0.4 is 5.32 Å². The van der Waals surface area contributed by atoms with Gasteiger partial charge in [0.2, 0.25) is 0 Å². The molecule has 0 saturated heterocycles. The zero-order chi connectivity index (χ0) is 18.2. The third-order valence-corrected chi connectivity index (χ3v) is 3.73. The molecule has 0 aliphatic carbocycles. The van der Waals surface area contributed by atoms with Crippen LogP contribution in [0.4, 0.5) is 13.2 Å². The Hall–Kier alpha value is -2.84. The predicted octanol–water partition coefficient (Wildman–Crippen LogP) is 3.26. The monoisotopic (exact) mass is 342 g/mol. The van der Waals surface area contributed by atoms with Gasteiger partial charge in [0.1, 0.15) is 5.92 Å². The van der Waals surface area contributed by atoms with Crippen LogP contribution in [0.25, 0.3) is 0 Å². The molecule has 0 radical (unpaired) electrons. The fraction of sp³-hybridized carbons (Fsp3) is 0.267. The second-order valence-electron chi connectivity index (χ2n) is 5.25. The SMILES string of the molecule is CC1=C(C(=O)O)C(c2ccccc2C(F)(F)F)C([N+](=O)[O-])=C(C)N1. The van der Waals surface area contributed by atoms with Gasteiger partial charge in [0, 0.05) is 5.70 Å². The smallest absolute Gasteiger partial charge is 0.416 e. The second kappa shape index (κ2) is 5.99. The summed E-state index contributed by atoms with van der Waals surface area (Å²) in [5.74, 6) is -3.15. The molecule has 0 spiro atoms. The third kappa shape index (κ3) is 2.97. The number of alkyl halides is 3. The van der Waals surface area contributed by atoms with E-state index < -0.39 is 45.4 Å². The molecule has 24 heavy (non-hydrogen) atoms. The summed E-state index contributed by atoms with van der Waals surface area (Å²) in [4.78, 5) is 22.1. The number of halogens is 3. The lowest BCUT2D eigenvalue weighted by Gasteiger charge is -2.27. The molecule has 2 N–H and O–H groups in total. The molecule has 1 unspecified atom stereocenters. The molecule has 9 heteroatoms. The number of allylic oxidation sites excluding steroid dienone is 3. The number of nitrogens with one attached hydrogen (secondary N) is 1. The van der Waals surface area contributed by atoms with Crippen molar-refractivity contribution in [1.29, 1.82) is 0 Å². The Bertz CT molecular complexity index is 745. The van der Waals surface area contributed by atoms with E-state index in [-0.39, 0.29) is 11.4 Å². The van der Waals surface area contributed by atoms with E-state index in [1.165, 1.54) is 19.9 Å². The first kappa shape index (κ1) is 17.5. The standard InChI is InChI=1S/C15H13F3N2O4/c1-7-11(14(21)22)12(13(20(23)24)8(2)19-7)9-5-3-4-6-10(9)15(16,17)18/h3-6,12,19H,1-2H3,(H,21,22). The van der Waals surface area contributed by atoms with Gasteiger partial charge in [-0.05, 0) is 25.5 Å². The summed E-state index contributed by atoms with van der Waals surface area (Å²) < 4.78 is 39.9. The fourth-order valence-electron chi connectivity index (χ4n) is 2.82. The highest BCUT2D eigenvalue weighted by atomic mass is 19.4. The summed E-state index contributed by atoms with van der Waals surface area (Å²) in [5.41, 5.74) is -2.60. The lowest BCUT2D eigenvalue weighted by atomic mass is 9.82. The van der Waals surface area contributed by atoms with E-state index in [1.54, 1.807) is 0 Å². The van der Waals surface area contributed by atoms with Crippen LogP contribution in [0.5, 0.6) is 0 Å². The van der Waals surface area contributed by atoms with Crippen molar-refractivity contribution in [2.45, 2.75) is 25.9 Å². The lowest BCUT2D eigenvalue weighted by Crippen LogP contribution is -2.31. The molecule has 1 atom stereocenters. The number of nitrogens with zero attached hydrogens (tertiary/aromatic N) is 1. The van der Waals surface area contributed by atoms with Crippen molar-refractivity contribution < 1.29 is 28.0 Å². The topological polar surface area (TPSA) is 92.5 Å². The number of carboxylic acids is 1. The van der Waals surface area contributed by atoms with E-state index in [0.717, 1.165) is 18.2 Å². The molecule has 0 saturated carbocycles. The molecule has 6 nitrogen and oxygen atoms in total. The van der Waals surface area contributed by atoms with Crippen LogP contribution >= 0.6 is 0 Å². The second-order valence-corrected chi connectivity index (χ2v) is 5.25. The van der Waals surface area contributed by atoms with Crippen LogP contribution in [0.1, 0.15) is 30.9 Å². The van der Waals surface area contributed by atoms with Crippen molar-refractivity contribution in [3.63, 3.8) is 0 Å². The van der Waals surface area contributed by atoms with E-state index in [4.69, 9.17) is 0 Å². The number of rotatable bonds is 3. The van der Waals surface area contributed by atoms with Crippen LogP contribution in [-0.4, -0.2) is 16.0 Å². The number of carbonyl (C=O) groups is 1. The Morgan fingerprint density at radius 2 is 1.83 bits per heavy atom. The lowest BCUT2D eigenvalue weighted by molar-refractivity contribution is -0.431. The Kier molecular flexibility index (Phi) is 4.37. The quantitative estimate of drug-likeness (QED) is 0.650. The number of dihydropyridines is 1. The molecule has 128 valence electrons. The molecular weight excluding hydrogens is 329 g/mol. The van der Waals surface area contributed by atoms with Crippen molar-refractivity contribution in [2.75, 3.05) is 0 Å². The molecule has 2 rings (SSSR count). The summed E-state index contributed by atoms with van der Waals surface area (Å²) in [6, 6.07) is 4.27. The minimum Gasteiger partial charge on any atom is -0.478 e. The molecule has 1 aliphatic rings. The van der Waals surface area contributed by atoms with Gasteiger partial charge in [-0.15, -0.1) is 0 Å². The van der Waals surface area contributed by atoms with Crippen molar-refractivity contribution in [1.82, 2.24) is 5.32 Å². The average Bonchev–Trinajstić information content (AvgIpc) is 2.44. The zero-order valence-electron chi connectivity index (χ0n) is 12.6. The predicted molar refractivity (Wildman–Crippen MR) is 77.4 cm³/mol. The van der Waals surface area contributed by atoms with Gasteiger partial charge in [0.05, 0.1) is 21.8 Å². The van der Waals surface area contributed by atoms with E-state index in [9.17, 15) is 33.2 Å². The highest BCUT2D eigenvalue weighted by Gasteiger charge is 2.44. The van der Waals surface area contributed by atoms with Crippen molar-refractivity contribution in [3.05, 3.63) is 68.2 Å². The van der Waals surface area contributed by atoms with E-state index in [1.807, 2.05) is 0 Å². The molecule has 1 aromatic carbocycles. The average molecular weight is 342 g/mol. The maximum absolute atomic E-state index is 13.3. The van der Waals surface area contributed by atoms with Crippen LogP contribution in [-0.2, 0) is 11.0 Å². The Labute approximate surface area is 134 Å².